The van der Waals surface area contributed by atoms with Gasteiger partial charge in [-0.1, -0.05) is 70.8 Å². The van der Waals surface area contributed by atoms with Crippen LogP contribution in [-0.4, -0.2) is 133 Å². The highest BCUT2D eigenvalue weighted by molar-refractivity contribution is 7.49. The Hall–Kier alpha value is -9.20. The number of aliphatic hydroxyl groups is 4. The lowest BCUT2D eigenvalue weighted by molar-refractivity contribution is -0.179. The average Bonchev–Trinajstić information content (AvgIpc) is 1.56. The monoisotopic (exact) mass is 1830 g/mol. The number of aryl methyl sites for hydroxylation is 12. The van der Waals surface area contributed by atoms with Crippen LogP contribution in [0.4, 0.5) is 17.6 Å². The van der Waals surface area contributed by atoms with Gasteiger partial charge >= 0.3 is 54.0 Å². The molecule has 4 aromatic carbocycles. The molecule has 40 nitrogen and oxygen atoms in total. The fraction of sp³-hybridized carbons (Fsp3) is 0.474. The molecule has 8 aliphatic rings. The largest absolute Gasteiger partial charge is 0.530 e. The van der Waals surface area contributed by atoms with Crippen LogP contribution < -0.4 is 63.1 Å². The summed E-state index contributed by atoms with van der Waals surface area (Å²) in [7, 11) is -17.7. The Morgan fingerprint density at radius 1 is 0.371 bits per heavy atom. The van der Waals surface area contributed by atoms with Crippen molar-refractivity contribution in [1.82, 2.24) is 38.2 Å². The minimum atomic E-state index is -4.72. The summed E-state index contributed by atoms with van der Waals surface area (Å²) in [6.07, 6.45) is -15.0. The number of rotatable bonds is 16. The van der Waals surface area contributed by atoms with Crippen LogP contribution in [-0.2, 0) is 99.8 Å². The zero-order valence-electron chi connectivity index (χ0n) is 73.8. The van der Waals surface area contributed by atoms with Crippen molar-refractivity contribution in [3.05, 3.63) is 246 Å². The van der Waals surface area contributed by atoms with Crippen LogP contribution in [0.1, 0.15) is 148 Å². The van der Waals surface area contributed by atoms with Crippen LogP contribution >= 0.6 is 31.3 Å². The number of H-pyrrole nitrogens is 4. The summed E-state index contributed by atoms with van der Waals surface area (Å²) >= 11 is 0. The molecule has 0 radical (unpaired) electrons. The SMILES string of the molecule is Cc1cc(C)c2c(c1)COP(=O)(OC[C@]1(F)C[C@@H](O)[C@H](n3cc(C)c(=O)[nH]c3=O)O1)O2.[2H]C([2H])(OP1(=O)OCc2cc(C)cc(C)c2O1)[C@]1(F)C[C@@H](O)[C@H](n2cc(C)c(=O)[nH]c2=O)O1.[2H]C([2H])(OP1(=O)OCc2cc(C)cc(C)c2O1)[C@]1(F)C[C@@H](O)[C@]([2H])(n2cc(C)c(=O)[nH]c2=O)O1.[2H][C@@]1(n2cc(C)c(=O)[nH]c2=O)O[C@](F)(COP2(=O)OCc3cc(C)cc(C)c3O2)C[C@H]1O. The standard InChI is InChI=1S/4C19H22FN2O8P/c4*1-10-4-11(2)15-13(5-10)8-27-31(26,30-15)28-9-19(20)6-14(23)17(29-19)22-7-12(3)16(24)21-18(22)25/h4*4-5,7,14,17,23H,6,8-9H2,1-3H3,(H,21,24,25)/t4*14-,17-,19+,31?/m1111/s1/i9D2,17D;17D;9D2;. The van der Waals surface area contributed by atoms with Crippen LogP contribution in [0, 0.1) is 83.1 Å². The Labute approximate surface area is 707 Å². The Balaban J connectivity index is 0.000000148. The molecule has 4 aromatic heterocycles. The van der Waals surface area contributed by atoms with Gasteiger partial charge in [-0.2, -0.15) is 0 Å². The third-order valence-corrected chi connectivity index (χ3v) is 24.6. The number of hydrogen-bond donors (Lipinski definition) is 8. The summed E-state index contributed by atoms with van der Waals surface area (Å²) in [5, 5.41) is 41.3. The number of fused-ring (bicyclic) bond motifs is 4. The zero-order valence-corrected chi connectivity index (χ0v) is 71.4. The van der Waals surface area contributed by atoms with E-state index in [-0.39, 0.29) is 60.2 Å². The van der Waals surface area contributed by atoms with Crippen molar-refractivity contribution in [3.8, 4) is 23.0 Å². The van der Waals surface area contributed by atoms with Gasteiger partial charge in [-0.3, -0.25) is 93.6 Å². The van der Waals surface area contributed by atoms with Gasteiger partial charge in [0.25, 0.3) is 22.2 Å². The number of nitrogens with zero attached hydrogens (tertiary/aromatic N) is 4. The lowest BCUT2D eigenvalue weighted by atomic mass is 10.1. The number of aliphatic hydroxyl groups excluding tert-OH is 4. The molecule has 8 N–H and O–H groups in total. The van der Waals surface area contributed by atoms with E-state index in [0.717, 1.165) is 55.5 Å². The van der Waals surface area contributed by atoms with Crippen molar-refractivity contribution in [3.63, 3.8) is 0 Å². The van der Waals surface area contributed by atoms with E-state index in [2.05, 4.69) is 4.98 Å². The molecule has 124 heavy (non-hydrogen) atoms. The highest BCUT2D eigenvalue weighted by atomic mass is 31.2. The molecule has 16 rings (SSSR count). The van der Waals surface area contributed by atoms with Gasteiger partial charge < -0.3 is 57.5 Å². The third kappa shape index (κ3) is 20.4. The van der Waals surface area contributed by atoms with Gasteiger partial charge in [0.1, 0.15) is 73.7 Å². The summed E-state index contributed by atoms with van der Waals surface area (Å²) < 4.78 is 248. The molecule has 4 saturated heterocycles. The zero-order chi connectivity index (χ0) is 95.6. The Morgan fingerprint density at radius 2 is 0.613 bits per heavy atom. The fourth-order valence-corrected chi connectivity index (χ4v) is 19.0. The molecule has 0 saturated carbocycles. The molecule has 0 spiro atoms. The topological polar surface area (TPSA) is 516 Å². The Bertz CT molecular complexity index is 6600. The van der Waals surface area contributed by atoms with E-state index in [1.54, 1.807) is 58.0 Å². The molecule has 12 heterocycles. The van der Waals surface area contributed by atoms with E-state index in [1.807, 2.05) is 60.8 Å². The van der Waals surface area contributed by atoms with Crippen molar-refractivity contribution < 1.29 is 138 Å². The molecule has 0 aliphatic carbocycles. The molecule has 16 atom stereocenters. The smallest absolute Gasteiger partial charge is 0.403 e. The number of halogens is 4. The van der Waals surface area contributed by atoms with E-state index in [1.165, 1.54) is 33.9 Å². The predicted octanol–water partition coefficient (Wildman–Crippen LogP) is 8.57. The number of ether oxygens (including phenoxy) is 4. The number of nitrogens with one attached hydrogen (secondary N) is 4. The van der Waals surface area contributed by atoms with Crippen molar-refractivity contribution in [2.24, 2.45) is 0 Å². The van der Waals surface area contributed by atoms with Crippen LogP contribution in [0.2, 0.25) is 0 Å². The van der Waals surface area contributed by atoms with Crippen molar-refractivity contribution >= 4 is 31.3 Å². The van der Waals surface area contributed by atoms with Gasteiger partial charge in [0.15, 0.2) is 24.9 Å². The second-order valence-electron chi connectivity index (χ2n) is 30.4. The number of hydrogen-bond acceptors (Lipinski definition) is 32. The van der Waals surface area contributed by atoms with Crippen LogP contribution in [0.15, 0.2) is 112 Å². The molecule has 4 unspecified atom stereocenters. The quantitative estimate of drug-likeness (QED) is 0.0331. The molecule has 8 aliphatic heterocycles. The second-order valence-corrected chi connectivity index (χ2v) is 36.6. The first kappa shape index (κ1) is 84.3. The Morgan fingerprint density at radius 3 is 0.935 bits per heavy atom. The van der Waals surface area contributed by atoms with Crippen LogP contribution in [0.3, 0.4) is 0 Å². The lowest BCUT2D eigenvalue weighted by Crippen LogP contribution is -2.37. The molecule has 8 aromatic rings. The number of aromatic nitrogens is 8. The van der Waals surface area contributed by atoms with Gasteiger partial charge in [-0.05, 0) is 105 Å². The van der Waals surface area contributed by atoms with E-state index >= 15 is 17.6 Å². The molecule has 0 bridgehead atoms. The Kier molecular flexibility index (Phi) is 23.9. The first-order chi connectivity index (χ1) is 60.1. The maximum atomic E-state index is 15.8. The lowest BCUT2D eigenvalue weighted by Gasteiger charge is -2.28. The van der Waals surface area contributed by atoms with E-state index in [4.69, 9.17) is 81.5 Å². The number of phosphoric acid groups is 4. The molecule has 672 valence electrons. The number of aromatic amines is 4. The second kappa shape index (κ2) is 35.2. The summed E-state index contributed by atoms with van der Waals surface area (Å²) in [6.45, 7) is 10.4. The minimum Gasteiger partial charge on any atom is -0.403 e. The van der Waals surface area contributed by atoms with E-state index in [0.29, 0.717) is 59.6 Å². The van der Waals surface area contributed by atoms with Crippen molar-refractivity contribution in [2.45, 2.75) is 208 Å². The van der Waals surface area contributed by atoms with Gasteiger partial charge in [0.05, 0.1) is 34.7 Å². The number of benzene rings is 4. The highest BCUT2D eigenvalue weighted by Crippen LogP contribution is 2.61. The van der Waals surface area contributed by atoms with Crippen molar-refractivity contribution in [1.29, 1.82) is 0 Å². The summed E-state index contributed by atoms with van der Waals surface area (Å²) in [5.41, 5.74) is 2.24. The number of phosphoric ester groups is 4. The van der Waals surface area contributed by atoms with E-state index < -0.39 is 201 Å². The average molecular weight is 1830 g/mol. The van der Waals surface area contributed by atoms with Gasteiger partial charge in [0.2, 0.25) is 23.4 Å². The van der Waals surface area contributed by atoms with Gasteiger partial charge in [0, 0.05) is 95.0 Å². The van der Waals surface area contributed by atoms with Gasteiger partial charge in [-0.25, -0.2) is 55.0 Å². The summed E-state index contributed by atoms with van der Waals surface area (Å²) in [6, 6.07) is 14.2. The summed E-state index contributed by atoms with van der Waals surface area (Å²) in [5.74, 6) is -11.3. The molecular formula is C76H88F4N8O32P4. The molecule has 48 heteroatoms. The first-order valence-corrected chi connectivity index (χ1v) is 43.4. The maximum Gasteiger partial charge on any atom is 0.530 e. The molecule has 0 amide bonds. The van der Waals surface area contributed by atoms with Gasteiger partial charge in [-0.15, -0.1) is 0 Å². The van der Waals surface area contributed by atoms with Crippen LogP contribution in [0.5, 0.6) is 23.0 Å². The van der Waals surface area contributed by atoms with Crippen LogP contribution in [0.25, 0.3) is 0 Å². The minimum absolute atomic E-state index is 0.0351. The first-order valence-electron chi connectivity index (χ1n) is 40.6. The maximum absolute atomic E-state index is 15.8. The van der Waals surface area contributed by atoms with Crippen molar-refractivity contribution in [2.75, 3.05) is 26.3 Å². The molecule has 4 fully saturated rings. The normalized spacial score (nSPS) is 32.2. The number of alkyl halides is 4. The molecular weight excluding hydrogens is 1740 g/mol. The third-order valence-electron chi connectivity index (χ3n) is 19.7. The van der Waals surface area contributed by atoms with E-state index in [9.17, 15) is 77.0 Å². The predicted molar refractivity (Wildman–Crippen MR) is 422 cm³/mol. The highest BCUT2D eigenvalue weighted by Gasteiger charge is 2.55. The fourth-order valence-electron chi connectivity index (χ4n) is 14.0. The summed E-state index contributed by atoms with van der Waals surface area (Å²) in [4.78, 5) is 103.